The van der Waals surface area contributed by atoms with E-state index in [1.54, 1.807) is 36.4 Å². The van der Waals surface area contributed by atoms with Crippen LogP contribution in [-0.2, 0) is 0 Å². The van der Waals surface area contributed by atoms with Gasteiger partial charge in [0.2, 0.25) is 0 Å². The Bertz CT molecular complexity index is 1340. The molecule has 4 N–H and O–H groups in total. The van der Waals surface area contributed by atoms with Crippen molar-refractivity contribution in [2.24, 2.45) is 0 Å². The van der Waals surface area contributed by atoms with Crippen molar-refractivity contribution >= 4 is 22.1 Å². The first-order valence-corrected chi connectivity index (χ1v) is 7.05. The average Bonchev–Trinajstić information content (AvgIpc) is 2.56. The molecule has 4 aromatic rings. The monoisotopic (exact) mass is 322 g/mol. The smallest absolute Gasteiger partial charge is 0.314 e. The van der Waals surface area contributed by atoms with Crippen LogP contribution < -0.4 is 22.2 Å². The van der Waals surface area contributed by atoms with E-state index in [4.69, 9.17) is 0 Å². The van der Waals surface area contributed by atoms with Crippen molar-refractivity contribution in [1.29, 1.82) is 0 Å². The molecule has 2 heterocycles. The first-order valence-electron chi connectivity index (χ1n) is 7.05. The van der Waals surface area contributed by atoms with Crippen molar-refractivity contribution in [2.45, 2.75) is 0 Å². The summed E-state index contributed by atoms with van der Waals surface area (Å²) in [7, 11) is 0. The Morgan fingerprint density at radius 3 is 1.96 bits per heavy atom. The summed E-state index contributed by atoms with van der Waals surface area (Å²) in [5.74, 6) is 0. The molecule has 0 amide bonds. The van der Waals surface area contributed by atoms with Gasteiger partial charge in [0, 0.05) is 5.56 Å². The summed E-state index contributed by atoms with van der Waals surface area (Å²) < 4.78 is 0. The van der Waals surface area contributed by atoms with Gasteiger partial charge in [-0.15, -0.1) is 0 Å². The van der Waals surface area contributed by atoms with Gasteiger partial charge in [-0.25, -0.2) is 0 Å². The van der Waals surface area contributed by atoms with E-state index in [2.05, 4.69) is 19.9 Å². The predicted molar refractivity (Wildman–Crippen MR) is 89.4 cm³/mol. The zero-order valence-corrected chi connectivity index (χ0v) is 12.1. The van der Waals surface area contributed by atoms with Crippen LogP contribution in [-0.4, -0.2) is 19.9 Å². The Labute approximate surface area is 131 Å². The summed E-state index contributed by atoms with van der Waals surface area (Å²) in [4.78, 5) is 56.0. The molecule has 0 saturated carbocycles. The van der Waals surface area contributed by atoms with Gasteiger partial charge in [0.25, 0.3) is 0 Å². The minimum atomic E-state index is -0.742. The van der Waals surface area contributed by atoms with Crippen molar-refractivity contribution in [3.63, 3.8) is 0 Å². The van der Waals surface area contributed by atoms with Crippen LogP contribution in [0.2, 0.25) is 0 Å². The lowest BCUT2D eigenvalue weighted by molar-refractivity contribution is 1.14. The van der Waals surface area contributed by atoms with Crippen LogP contribution in [0.15, 0.2) is 55.6 Å². The van der Waals surface area contributed by atoms with Crippen LogP contribution >= 0.6 is 0 Å². The molecule has 24 heavy (non-hydrogen) atoms. The van der Waals surface area contributed by atoms with Crippen LogP contribution in [0.1, 0.15) is 0 Å². The molecule has 4 rings (SSSR count). The van der Waals surface area contributed by atoms with Gasteiger partial charge in [0.05, 0.1) is 22.1 Å². The fraction of sp³-hybridized carbons (Fsp3) is 0. The van der Waals surface area contributed by atoms with Crippen LogP contribution in [0.4, 0.5) is 0 Å². The van der Waals surface area contributed by atoms with Gasteiger partial charge in [0.1, 0.15) is 0 Å². The molecule has 0 bridgehead atoms. The van der Waals surface area contributed by atoms with Gasteiger partial charge >= 0.3 is 22.2 Å². The van der Waals surface area contributed by atoms with Gasteiger partial charge in [0.15, 0.2) is 0 Å². The molecule has 0 fully saturated rings. The first-order chi connectivity index (χ1) is 11.5. The third-order valence-corrected chi connectivity index (χ3v) is 3.79. The number of fused-ring (bicyclic) bond motifs is 2. The Balaban J connectivity index is 2.06. The topological polar surface area (TPSA) is 131 Å². The number of aromatic amines is 4. The van der Waals surface area contributed by atoms with Crippen molar-refractivity contribution in [3.05, 3.63) is 77.8 Å². The second-order valence-corrected chi connectivity index (χ2v) is 5.30. The molecule has 0 spiro atoms. The largest absolute Gasteiger partial charge is 0.316 e. The van der Waals surface area contributed by atoms with Crippen molar-refractivity contribution in [3.8, 4) is 11.1 Å². The highest BCUT2D eigenvalue weighted by Crippen LogP contribution is 2.26. The fourth-order valence-electron chi connectivity index (χ4n) is 2.66. The summed E-state index contributed by atoms with van der Waals surface area (Å²) in [6.45, 7) is 0. The molecular formula is C16H10N4O4. The second-order valence-electron chi connectivity index (χ2n) is 5.30. The first kappa shape index (κ1) is 13.9. The van der Waals surface area contributed by atoms with Crippen molar-refractivity contribution < 1.29 is 0 Å². The van der Waals surface area contributed by atoms with Crippen molar-refractivity contribution in [2.75, 3.05) is 0 Å². The van der Waals surface area contributed by atoms with E-state index in [0.717, 1.165) is 0 Å². The average molecular weight is 322 g/mol. The third-order valence-electron chi connectivity index (χ3n) is 3.79. The minimum Gasteiger partial charge on any atom is -0.316 e. The van der Waals surface area contributed by atoms with Gasteiger partial charge in [-0.2, -0.15) is 0 Å². The quantitative estimate of drug-likeness (QED) is 0.378. The Kier molecular flexibility index (Phi) is 2.86. The van der Waals surface area contributed by atoms with Gasteiger partial charge < -0.3 is 19.9 Å². The standard InChI is InChI=1S/C16H10N4O4/c21-13-14(22)19-11-6-7(4-5-9(11)17-13)8-2-1-3-10-12(8)20-16(24)15(23)18-10/h1-6H,(H,17,21)(H,18,23)(H,19,22)(H,20,24). The van der Waals surface area contributed by atoms with E-state index < -0.39 is 22.2 Å². The van der Waals surface area contributed by atoms with Gasteiger partial charge in [-0.3, -0.25) is 19.2 Å². The highest BCUT2D eigenvalue weighted by molar-refractivity contribution is 5.93. The summed E-state index contributed by atoms with van der Waals surface area (Å²) in [6, 6.07) is 10.3. The summed E-state index contributed by atoms with van der Waals surface area (Å²) in [5.41, 5.74) is 0.381. The third kappa shape index (κ3) is 2.09. The van der Waals surface area contributed by atoms with Crippen LogP contribution in [0.3, 0.4) is 0 Å². The molecule has 0 unspecified atom stereocenters. The maximum absolute atomic E-state index is 11.6. The number of benzene rings is 2. The number of rotatable bonds is 1. The van der Waals surface area contributed by atoms with E-state index >= 15 is 0 Å². The molecule has 8 nitrogen and oxygen atoms in total. The van der Waals surface area contributed by atoms with Crippen LogP contribution in [0.25, 0.3) is 33.2 Å². The zero-order chi connectivity index (χ0) is 16.8. The molecule has 0 radical (unpaired) electrons. The lowest BCUT2D eigenvalue weighted by Crippen LogP contribution is -2.29. The lowest BCUT2D eigenvalue weighted by Gasteiger charge is -2.07. The highest BCUT2D eigenvalue weighted by Gasteiger charge is 2.08. The van der Waals surface area contributed by atoms with E-state index in [0.29, 0.717) is 33.2 Å². The van der Waals surface area contributed by atoms with Crippen molar-refractivity contribution in [1.82, 2.24) is 19.9 Å². The van der Waals surface area contributed by atoms with Gasteiger partial charge in [-0.1, -0.05) is 18.2 Å². The molecule has 0 atom stereocenters. The molecule has 0 aliphatic carbocycles. The Morgan fingerprint density at radius 1 is 0.583 bits per heavy atom. The predicted octanol–water partition coefficient (Wildman–Crippen LogP) is 0.413. The number of aromatic nitrogens is 4. The van der Waals surface area contributed by atoms with E-state index in [1.807, 2.05) is 0 Å². The molecule has 8 heteroatoms. The molecular weight excluding hydrogens is 312 g/mol. The molecule has 0 aliphatic rings. The molecule has 118 valence electrons. The molecule has 2 aromatic carbocycles. The molecule has 2 aromatic heterocycles. The summed E-state index contributed by atoms with van der Waals surface area (Å²) in [6.07, 6.45) is 0. The van der Waals surface area contributed by atoms with E-state index in [9.17, 15) is 19.2 Å². The summed E-state index contributed by atoms with van der Waals surface area (Å²) in [5, 5.41) is 0. The number of H-pyrrole nitrogens is 4. The number of hydrogen-bond acceptors (Lipinski definition) is 4. The normalized spacial score (nSPS) is 11.2. The molecule has 0 aliphatic heterocycles. The number of hydrogen-bond donors (Lipinski definition) is 4. The second kappa shape index (κ2) is 4.92. The van der Waals surface area contributed by atoms with Crippen LogP contribution in [0, 0.1) is 0 Å². The Hall–Kier alpha value is -3.68. The Morgan fingerprint density at radius 2 is 1.21 bits per heavy atom. The summed E-state index contributed by atoms with van der Waals surface area (Å²) >= 11 is 0. The van der Waals surface area contributed by atoms with E-state index in [-0.39, 0.29) is 0 Å². The lowest BCUT2D eigenvalue weighted by atomic mass is 10.0. The highest BCUT2D eigenvalue weighted by atomic mass is 16.2. The zero-order valence-electron chi connectivity index (χ0n) is 12.1. The number of para-hydroxylation sites is 1. The van der Waals surface area contributed by atoms with Gasteiger partial charge in [-0.05, 0) is 23.8 Å². The maximum atomic E-state index is 11.6. The fourth-order valence-corrected chi connectivity index (χ4v) is 2.66. The SMILES string of the molecule is O=c1[nH]c2ccc(-c3cccc4[nH]c(=O)c(=O)[nH]c34)cc2[nH]c1=O. The number of nitrogens with one attached hydrogen (secondary N) is 4. The minimum absolute atomic E-state index is 0.459. The van der Waals surface area contributed by atoms with E-state index in [1.165, 1.54) is 0 Å². The molecule has 0 saturated heterocycles. The maximum Gasteiger partial charge on any atom is 0.314 e. The van der Waals surface area contributed by atoms with Crippen LogP contribution in [0.5, 0.6) is 0 Å².